The highest BCUT2D eigenvalue weighted by atomic mass is 16.2. The Balaban J connectivity index is 0.874. The highest BCUT2D eigenvalue weighted by Crippen LogP contribution is 2.37. The van der Waals surface area contributed by atoms with Crippen molar-refractivity contribution in [1.29, 1.82) is 0 Å². The predicted octanol–water partition coefficient (Wildman–Crippen LogP) is 4.17. The molecule has 0 saturated carbocycles. The third-order valence-electron chi connectivity index (χ3n) is 10.7. The summed E-state index contributed by atoms with van der Waals surface area (Å²) in [6.07, 6.45) is 6.57. The van der Waals surface area contributed by atoms with Gasteiger partial charge in [0.15, 0.2) is 0 Å². The first kappa shape index (κ1) is 35.1. The highest BCUT2D eigenvalue weighted by molar-refractivity contribution is 6.07. The minimum absolute atomic E-state index is 0.0645. The molecule has 0 radical (unpaired) electrons. The van der Waals surface area contributed by atoms with Crippen LogP contribution in [-0.4, -0.2) is 63.6 Å². The van der Waals surface area contributed by atoms with Crippen LogP contribution in [0, 0.1) is 0 Å². The molecule has 7 rings (SSSR count). The Hall–Kier alpha value is -5.28. The van der Waals surface area contributed by atoms with E-state index in [0.29, 0.717) is 30.6 Å². The number of benzene rings is 4. The molecule has 2 heterocycles. The molecule has 52 heavy (non-hydrogen) atoms. The number of rotatable bonds is 12. The summed E-state index contributed by atoms with van der Waals surface area (Å²) in [7, 11) is 4.18. The number of nitrogens with one attached hydrogen (secondary N) is 4. The fourth-order valence-corrected chi connectivity index (χ4v) is 7.85. The summed E-state index contributed by atoms with van der Waals surface area (Å²) in [6, 6.07) is 24.5. The topological polar surface area (TPSA) is 109 Å². The molecule has 2 amide bonds. The monoisotopic (exact) mass is 697 g/mol. The maximum absolute atomic E-state index is 12.7. The standard InChI is InChI=1S/C43H48N6O3/c1-43(2)36-25-32(48(3)4)16-14-28(36)22-30-23-29-10-7-20-49(39(29)26-37(30)43)21-8-13-40(50)45-19-9-18-44-27-41(51)46-31-15-17-38-35(24-31)33-11-5-6-12-34(33)42(52)47-38/h5-6,11-12,14-17,22-26,44H,7-10,13,18-21,27H2,1-4H3,(H2-,45,46,47,50,51,52)/p+1. The Morgan fingerprint density at radius 1 is 0.885 bits per heavy atom. The van der Waals surface area contributed by atoms with E-state index in [1.807, 2.05) is 30.3 Å². The molecular formula is C43H49N6O3+. The van der Waals surface area contributed by atoms with Crippen molar-refractivity contribution in [3.05, 3.63) is 116 Å². The van der Waals surface area contributed by atoms with Gasteiger partial charge in [0.1, 0.15) is 13.1 Å². The zero-order valence-electron chi connectivity index (χ0n) is 30.7. The van der Waals surface area contributed by atoms with Crippen LogP contribution < -0.4 is 41.6 Å². The van der Waals surface area contributed by atoms with Crippen LogP contribution in [0.25, 0.3) is 27.8 Å². The number of anilines is 2. The third kappa shape index (κ3) is 7.23. The number of aryl methyl sites for hydroxylation is 1. The Bertz CT molecular complexity index is 2380. The quantitative estimate of drug-likeness (QED) is 0.0890. The lowest BCUT2D eigenvalue weighted by molar-refractivity contribution is -0.121. The van der Waals surface area contributed by atoms with E-state index < -0.39 is 0 Å². The highest BCUT2D eigenvalue weighted by Gasteiger charge is 2.32. The van der Waals surface area contributed by atoms with Gasteiger partial charge in [0.05, 0.1) is 6.54 Å². The van der Waals surface area contributed by atoms with Gasteiger partial charge in [-0.25, -0.2) is 4.58 Å². The van der Waals surface area contributed by atoms with Crippen molar-refractivity contribution in [1.82, 2.24) is 20.2 Å². The van der Waals surface area contributed by atoms with Gasteiger partial charge in [0.25, 0.3) is 5.56 Å². The third-order valence-corrected chi connectivity index (χ3v) is 10.7. The normalized spacial score (nSPS) is 14.3. The van der Waals surface area contributed by atoms with E-state index in [1.165, 1.54) is 38.5 Å². The first-order valence-corrected chi connectivity index (χ1v) is 18.5. The number of carbonyl (C=O) groups is 2. The van der Waals surface area contributed by atoms with E-state index >= 15 is 0 Å². The molecule has 1 aliphatic heterocycles. The maximum Gasteiger partial charge on any atom is 0.256 e. The minimum Gasteiger partial charge on any atom is -0.378 e. The zero-order chi connectivity index (χ0) is 36.4. The maximum atomic E-state index is 12.7. The molecule has 0 spiro atoms. The molecule has 0 atom stereocenters. The summed E-state index contributed by atoms with van der Waals surface area (Å²) in [5.41, 5.74) is 7.80. The first-order chi connectivity index (χ1) is 25.1. The summed E-state index contributed by atoms with van der Waals surface area (Å²) in [5.74, 6) is -0.0866. The van der Waals surface area contributed by atoms with E-state index in [-0.39, 0.29) is 29.3 Å². The zero-order valence-corrected chi connectivity index (χ0v) is 30.7. The summed E-state index contributed by atoms with van der Waals surface area (Å²) in [6.45, 7) is 7.88. The Kier molecular flexibility index (Phi) is 9.97. The Morgan fingerprint density at radius 3 is 2.54 bits per heavy atom. The van der Waals surface area contributed by atoms with Gasteiger partial charge < -0.3 is 25.8 Å². The minimum atomic E-state index is -0.151. The molecule has 9 heteroatoms. The number of pyridine rings is 1. The van der Waals surface area contributed by atoms with Gasteiger partial charge in [0, 0.05) is 84.6 Å². The molecule has 2 aliphatic rings. The lowest BCUT2D eigenvalue weighted by atomic mass is 9.71. The van der Waals surface area contributed by atoms with Crippen molar-refractivity contribution in [2.45, 2.75) is 51.4 Å². The van der Waals surface area contributed by atoms with Crippen LogP contribution in [0.2, 0.25) is 0 Å². The van der Waals surface area contributed by atoms with E-state index in [2.05, 4.69) is 94.8 Å². The molecule has 0 saturated heterocycles. The second-order valence-corrected chi connectivity index (χ2v) is 14.9. The number of aromatic nitrogens is 1. The molecule has 0 fully saturated rings. The number of hydrogen-bond donors (Lipinski definition) is 4. The van der Waals surface area contributed by atoms with Gasteiger partial charge in [-0.15, -0.1) is 0 Å². The molecular weight excluding hydrogens is 649 g/mol. The SMILES string of the molecule is CN(C)c1ccc2c(c1)C(C)(C)c1cc3c(cc1=C2)CCC[N+]=3CCCC(=O)NCCCNCC(=O)Nc1ccc2[nH]c(=O)c3ccccc3c2c1. The molecule has 268 valence electrons. The Morgan fingerprint density at radius 2 is 1.71 bits per heavy atom. The van der Waals surface area contributed by atoms with Gasteiger partial charge >= 0.3 is 0 Å². The second-order valence-electron chi connectivity index (χ2n) is 14.9. The second kappa shape index (κ2) is 14.8. The largest absolute Gasteiger partial charge is 0.378 e. The van der Waals surface area contributed by atoms with Gasteiger partial charge in [-0.2, -0.15) is 0 Å². The van der Waals surface area contributed by atoms with Gasteiger partial charge in [-0.3, -0.25) is 14.4 Å². The molecule has 1 aliphatic carbocycles. The van der Waals surface area contributed by atoms with E-state index in [0.717, 1.165) is 55.1 Å². The summed E-state index contributed by atoms with van der Waals surface area (Å²) < 4.78 is 2.48. The number of aromatic amines is 1. The Labute approximate surface area is 304 Å². The average Bonchev–Trinajstić information content (AvgIpc) is 3.13. The number of nitrogens with zero attached hydrogens (tertiary/aromatic N) is 2. The number of amides is 2. The van der Waals surface area contributed by atoms with E-state index in [1.54, 1.807) is 12.1 Å². The summed E-state index contributed by atoms with van der Waals surface area (Å²) in [4.78, 5) is 42.7. The van der Waals surface area contributed by atoms with Crippen LogP contribution in [0.4, 0.5) is 11.4 Å². The smallest absolute Gasteiger partial charge is 0.256 e. The molecule has 9 nitrogen and oxygen atoms in total. The van der Waals surface area contributed by atoms with E-state index in [4.69, 9.17) is 0 Å². The van der Waals surface area contributed by atoms with E-state index in [9.17, 15) is 14.4 Å². The fraction of sp³-hybridized carbons (Fsp3) is 0.349. The molecule has 4 aromatic carbocycles. The van der Waals surface area contributed by atoms with Crippen LogP contribution in [0.3, 0.4) is 0 Å². The van der Waals surface area contributed by atoms with Crippen LogP contribution in [-0.2, 0) is 21.4 Å². The van der Waals surface area contributed by atoms with Crippen molar-refractivity contribution in [2.75, 3.05) is 57.0 Å². The predicted molar refractivity (Wildman–Crippen MR) is 212 cm³/mol. The molecule has 4 N–H and O–H groups in total. The van der Waals surface area contributed by atoms with Crippen molar-refractivity contribution < 1.29 is 9.59 Å². The van der Waals surface area contributed by atoms with Crippen LogP contribution in [0.15, 0.2) is 77.6 Å². The van der Waals surface area contributed by atoms with Gasteiger partial charge in [0.2, 0.25) is 17.2 Å². The van der Waals surface area contributed by atoms with Gasteiger partial charge in [-0.05, 0) is 95.2 Å². The molecule has 0 bridgehead atoms. The molecule has 1 aromatic heterocycles. The fourth-order valence-electron chi connectivity index (χ4n) is 7.85. The molecule has 0 unspecified atom stereocenters. The first-order valence-electron chi connectivity index (χ1n) is 18.5. The number of fused-ring (bicyclic) bond motifs is 6. The molecule has 5 aromatic rings. The van der Waals surface area contributed by atoms with Crippen molar-refractivity contribution >= 4 is 50.9 Å². The van der Waals surface area contributed by atoms with Crippen molar-refractivity contribution in [2.24, 2.45) is 0 Å². The van der Waals surface area contributed by atoms with Crippen LogP contribution in [0.5, 0.6) is 0 Å². The van der Waals surface area contributed by atoms with Crippen molar-refractivity contribution in [3.8, 4) is 0 Å². The van der Waals surface area contributed by atoms with Crippen LogP contribution >= 0.6 is 0 Å². The summed E-state index contributed by atoms with van der Waals surface area (Å²) in [5, 5.41) is 14.1. The van der Waals surface area contributed by atoms with Crippen molar-refractivity contribution in [3.63, 3.8) is 0 Å². The van der Waals surface area contributed by atoms with Gasteiger partial charge in [-0.1, -0.05) is 38.1 Å². The lowest BCUT2D eigenvalue weighted by Crippen LogP contribution is -2.42. The van der Waals surface area contributed by atoms with Crippen LogP contribution in [0.1, 0.15) is 61.8 Å². The number of hydrogen-bond acceptors (Lipinski definition) is 5. The number of H-pyrrole nitrogens is 1. The summed E-state index contributed by atoms with van der Waals surface area (Å²) >= 11 is 0. The number of carbonyl (C=O) groups excluding carboxylic acids is 2. The average molecular weight is 698 g/mol. The lowest BCUT2D eigenvalue weighted by Gasteiger charge is -2.33.